The first-order chi connectivity index (χ1) is 21.7. The monoisotopic (exact) mass is 642 g/mol. The Bertz CT molecular complexity index is 1370. The second-order valence-corrected chi connectivity index (χ2v) is 14.0. The Morgan fingerprint density at radius 3 is 2.16 bits per heavy atom. The lowest BCUT2D eigenvalue weighted by atomic mass is 9.85. The zero-order chi connectivity index (χ0) is 31.8. The van der Waals surface area contributed by atoms with Crippen molar-refractivity contribution in [1.82, 2.24) is 9.88 Å². The van der Waals surface area contributed by atoms with Crippen LogP contribution in [0.2, 0.25) is 0 Å². The van der Waals surface area contributed by atoms with Gasteiger partial charge in [0.1, 0.15) is 17.7 Å². The van der Waals surface area contributed by atoms with Crippen LogP contribution in [0.5, 0.6) is 5.75 Å². The summed E-state index contributed by atoms with van der Waals surface area (Å²) in [4.78, 5) is 37.8. The topological polar surface area (TPSA) is 119 Å². The maximum atomic E-state index is 13.9. The molecule has 1 saturated heterocycles. The van der Waals surface area contributed by atoms with E-state index in [1.54, 1.807) is 13.3 Å². The van der Waals surface area contributed by atoms with Crippen LogP contribution < -0.4 is 14.5 Å². The number of methoxy groups -OCH3 is 1. The summed E-state index contributed by atoms with van der Waals surface area (Å²) in [5.41, 5.74) is 1.11. The molecule has 45 heavy (non-hydrogen) atoms. The van der Waals surface area contributed by atoms with Crippen molar-refractivity contribution in [2.75, 3.05) is 62.4 Å². The smallest absolute Gasteiger partial charge is 0.309 e. The first kappa shape index (κ1) is 33.2. The molecular weight excluding hydrogens is 596 g/mol. The molecule has 3 aliphatic rings. The molecule has 2 saturated carbocycles. The molecule has 1 amide bonds. The fourth-order valence-corrected chi connectivity index (χ4v) is 7.43. The SMILES string of the molecule is COc1ccccc1N1CCN(CCN(C(=O)C2CCC(OC(=O)C3CCC(OS(C)(=O)=O)CC3)CC2)c2ccccn2)CC1. The zero-order valence-corrected chi connectivity index (χ0v) is 27.2. The van der Waals surface area contributed by atoms with E-state index in [9.17, 15) is 18.0 Å². The number of amides is 1. The Balaban J connectivity index is 1.10. The summed E-state index contributed by atoms with van der Waals surface area (Å²) in [6.45, 7) is 4.88. The summed E-state index contributed by atoms with van der Waals surface area (Å²) in [5.74, 6) is 1.03. The van der Waals surface area contributed by atoms with Crippen molar-refractivity contribution < 1.29 is 31.7 Å². The quantitative estimate of drug-likeness (QED) is 0.264. The average molecular weight is 643 g/mol. The van der Waals surface area contributed by atoms with E-state index in [-0.39, 0.29) is 35.9 Å². The highest BCUT2D eigenvalue weighted by molar-refractivity contribution is 7.86. The van der Waals surface area contributed by atoms with Gasteiger partial charge in [0, 0.05) is 51.4 Å². The largest absolute Gasteiger partial charge is 0.495 e. The van der Waals surface area contributed by atoms with Crippen molar-refractivity contribution in [3.05, 3.63) is 48.7 Å². The third-order valence-electron chi connectivity index (χ3n) is 9.25. The second-order valence-electron chi connectivity index (χ2n) is 12.4. The molecule has 0 unspecified atom stereocenters. The number of rotatable bonds is 11. The van der Waals surface area contributed by atoms with Crippen molar-refractivity contribution in [2.24, 2.45) is 11.8 Å². The van der Waals surface area contributed by atoms with Crippen LogP contribution in [0.4, 0.5) is 11.5 Å². The maximum Gasteiger partial charge on any atom is 0.309 e. The molecule has 246 valence electrons. The summed E-state index contributed by atoms with van der Waals surface area (Å²) in [6, 6.07) is 13.7. The lowest BCUT2D eigenvalue weighted by Crippen LogP contribution is -2.50. The molecule has 1 aromatic carbocycles. The maximum absolute atomic E-state index is 13.9. The van der Waals surface area contributed by atoms with Crippen molar-refractivity contribution in [2.45, 2.75) is 63.6 Å². The number of hydrogen-bond donors (Lipinski definition) is 0. The van der Waals surface area contributed by atoms with Crippen LogP contribution in [0.25, 0.3) is 0 Å². The first-order valence-corrected chi connectivity index (χ1v) is 17.9. The van der Waals surface area contributed by atoms with E-state index in [0.29, 0.717) is 63.7 Å². The highest BCUT2D eigenvalue weighted by atomic mass is 32.2. The minimum absolute atomic E-state index is 0.0790. The van der Waals surface area contributed by atoms with Crippen LogP contribution in [0.15, 0.2) is 48.7 Å². The molecule has 12 heteroatoms. The van der Waals surface area contributed by atoms with Gasteiger partial charge in [0.25, 0.3) is 10.1 Å². The number of aromatic nitrogens is 1. The van der Waals surface area contributed by atoms with E-state index in [1.807, 2.05) is 41.3 Å². The molecule has 1 aliphatic heterocycles. The van der Waals surface area contributed by atoms with Crippen LogP contribution in [0.1, 0.15) is 51.4 Å². The number of pyridine rings is 1. The highest BCUT2D eigenvalue weighted by Gasteiger charge is 2.35. The van der Waals surface area contributed by atoms with Gasteiger partial charge in [0.15, 0.2) is 0 Å². The number of para-hydroxylation sites is 2. The van der Waals surface area contributed by atoms with Crippen LogP contribution in [-0.4, -0.2) is 95.0 Å². The fraction of sp³-hybridized carbons (Fsp3) is 0.606. The van der Waals surface area contributed by atoms with Crippen LogP contribution in [-0.2, 0) is 28.6 Å². The standard InChI is InChI=1S/C33H46N4O7S/c1-42-30-8-4-3-7-29(30)36-22-19-35(20-23-36)21-24-37(31-9-5-6-18-34-31)32(38)25-10-14-27(15-11-25)43-33(39)26-12-16-28(17-13-26)44-45(2,40)41/h3-9,18,25-28H,10-17,19-24H2,1-2H3. The van der Waals surface area contributed by atoms with Gasteiger partial charge in [-0.15, -0.1) is 0 Å². The summed E-state index contributed by atoms with van der Waals surface area (Å²) in [6.07, 6.45) is 6.98. The molecule has 0 radical (unpaired) electrons. The Morgan fingerprint density at radius 2 is 1.51 bits per heavy atom. The molecular formula is C33H46N4O7S. The number of carbonyl (C=O) groups is 2. The van der Waals surface area contributed by atoms with Gasteiger partial charge >= 0.3 is 5.97 Å². The average Bonchev–Trinajstić information content (AvgIpc) is 3.05. The second kappa shape index (κ2) is 15.4. The number of nitrogens with zero attached hydrogens (tertiary/aromatic N) is 4. The van der Waals surface area contributed by atoms with Crippen molar-refractivity contribution in [3.8, 4) is 5.75 Å². The van der Waals surface area contributed by atoms with E-state index < -0.39 is 10.1 Å². The molecule has 5 rings (SSSR count). The molecule has 1 aromatic heterocycles. The van der Waals surface area contributed by atoms with Crippen LogP contribution >= 0.6 is 0 Å². The summed E-state index contributed by atoms with van der Waals surface area (Å²) < 4.78 is 39.3. The normalized spacial score (nSPS) is 24.5. The Labute approximate surface area is 266 Å². The van der Waals surface area contributed by atoms with Crippen molar-refractivity contribution in [1.29, 1.82) is 0 Å². The minimum Gasteiger partial charge on any atom is -0.495 e. The molecule has 0 bridgehead atoms. The number of ether oxygens (including phenoxy) is 2. The third kappa shape index (κ3) is 9.17. The Kier molecular flexibility index (Phi) is 11.3. The van der Waals surface area contributed by atoms with Gasteiger partial charge in [-0.2, -0.15) is 8.42 Å². The molecule has 0 spiro atoms. The predicted octanol–water partition coefficient (Wildman–Crippen LogP) is 3.88. The summed E-state index contributed by atoms with van der Waals surface area (Å²) in [7, 11) is -1.80. The van der Waals surface area contributed by atoms with Gasteiger partial charge in [-0.3, -0.25) is 23.6 Å². The van der Waals surface area contributed by atoms with Gasteiger partial charge in [-0.1, -0.05) is 18.2 Å². The van der Waals surface area contributed by atoms with Crippen molar-refractivity contribution >= 4 is 33.5 Å². The number of benzene rings is 1. The molecule has 2 heterocycles. The fourth-order valence-electron chi connectivity index (χ4n) is 6.75. The number of esters is 1. The van der Waals surface area contributed by atoms with E-state index in [4.69, 9.17) is 13.7 Å². The van der Waals surface area contributed by atoms with Crippen LogP contribution in [0, 0.1) is 11.8 Å². The van der Waals surface area contributed by atoms with E-state index in [2.05, 4.69) is 20.9 Å². The minimum atomic E-state index is -3.50. The van der Waals surface area contributed by atoms with Gasteiger partial charge < -0.3 is 14.4 Å². The Hall–Kier alpha value is -3.22. The van der Waals surface area contributed by atoms with Gasteiger partial charge in [-0.25, -0.2) is 4.98 Å². The van der Waals surface area contributed by atoms with E-state index >= 15 is 0 Å². The lowest BCUT2D eigenvalue weighted by Gasteiger charge is -2.38. The highest BCUT2D eigenvalue weighted by Crippen LogP contribution is 2.33. The summed E-state index contributed by atoms with van der Waals surface area (Å²) >= 11 is 0. The number of piperazine rings is 1. The van der Waals surface area contributed by atoms with E-state index in [0.717, 1.165) is 50.4 Å². The Morgan fingerprint density at radius 1 is 0.867 bits per heavy atom. The summed E-state index contributed by atoms with van der Waals surface area (Å²) in [5, 5.41) is 0. The third-order valence-corrected chi connectivity index (χ3v) is 9.88. The zero-order valence-electron chi connectivity index (χ0n) is 26.4. The lowest BCUT2D eigenvalue weighted by molar-refractivity contribution is -0.157. The first-order valence-electron chi connectivity index (χ1n) is 16.1. The molecule has 0 N–H and O–H groups in total. The molecule has 2 aliphatic carbocycles. The van der Waals surface area contributed by atoms with Gasteiger partial charge in [0.2, 0.25) is 5.91 Å². The number of hydrogen-bond acceptors (Lipinski definition) is 10. The van der Waals surface area contributed by atoms with Gasteiger partial charge in [-0.05, 0) is 75.6 Å². The predicted molar refractivity (Wildman–Crippen MR) is 172 cm³/mol. The van der Waals surface area contributed by atoms with Crippen LogP contribution in [0.3, 0.4) is 0 Å². The van der Waals surface area contributed by atoms with E-state index in [1.165, 1.54) is 0 Å². The molecule has 2 aromatic rings. The van der Waals surface area contributed by atoms with Gasteiger partial charge in [0.05, 0.1) is 31.1 Å². The van der Waals surface area contributed by atoms with Crippen molar-refractivity contribution in [3.63, 3.8) is 0 Å². The number of anilines is 2. The molecule has 11 nitrogen and oxygen atoms in total. The molecule has 0 atom stereocenters. The number of carbonyl (C=O) groups excluding carboxylic acids is 2. The molecule has 3 fully saturated rings.